The Labute approximate surface area is 128 Å². The van der Waals surface area contributed by atoms with E-state index in [2.05, 4.69) is 32.9 Å². The van der Waals surface area contributed by atoms with Crippen molar-refractivity contribution in [3.63, 3.8) is 0 Å². The van der Waals surface area contributed by atoms with Crippen LogP contribution in [0, 0.1) is 6.92 Å². The first-order chi connectivity index (χ1) is 9.72. The molecule has 1 unspecified atom stereocenters. The molecule has 1 amide bonds. The molecule has 1 aromatic heterocycles. The van der Waals surface area contributed by atoms with E-state index in [0.29, 0.717) is 18.1 Å². The maximum Gasteiger partial charge on any atom is 0.237 e. The van der Waals surface area contributed by atoms with Crippen molar-refractivity contribution in [3.05, 3.63) is 47.1 Å². The van der Waals surface area contributed by atoms with E-state index >= 15 is 0 Å². The molecule has 1 aliphatic rings. The molecule has 7 heteroatoms. The molecule has 0 fully saturated rings. The van der Waals surface area contributed by atoms with E-state index in [4.69, 9.17) is 4.52 Å². The summed E-state index contributed by atoms with van der Waals surface area (Å²) in [5.74, 6) is 0.952. The van der Waals surface area contributed by atoms with E-state index in [1.807, 2.05) is 12.1 Å². The lowest BCUT2D eigenvalue weighted by Gasteiger charge is -2.25. The maximum atomic E-state index is 12.1. The third-order valence-electron chi connectivity index (χ3n) is 3.39. The Balaban J connectivity index is 0.00000161. The van der Waals surface area contributed by atoms with Crippen molar-refractivity contribution in [2.24, 2.45) is 0 Å². The summed E-state index contributed by atoms with van der Waals surface area (Å²) in [5, 5.41) is 9.81. The summed E-state index contributed by atoms with van der Waals surface area (Å²) in [7, 11) is 0. The number of fused-ring (bicyclic) bond motifs is 1. The number of benzene rings is 1. The van der Waals surface area contributed by atoms with Crippen LogP contribution in [0.2, 0.25) is 0 Å². The largest absolute Gasteiger partial charge is 0.347 e. The van der Waals surface area contributed by atoms with Gasteiger partial charge in [-0.05, 0) is 17.5 Å². The van der Waals surface area contributed by atoms with Crippen molar-refractivity contribution in [1.82, 2.24) is 20.8 Å². The Kier molecular flexibility index (Phi) is 4.93. The average Bonchev–Trinajstić information content (AvgIpc) is 2.90. The molecule has 2 heterocycles. The first kappa shape index (κ1) is 15.5. The van der Waals surface area contributed by atoms with Crippen molar-refractivity contribution < 1.29 is 9.32 Å². The van der Waals surface area contributed by atoms with Gasteiger partial charge in [0.2, 0.25) is 11.8 Å². The number of nitrogens with one attached hydrogen (secondary N) is 2. The molecule has 0 aliphatic carbocycles. The lowest BCUT2D eigenvalue weighted by molar-refractivity contribution is -0.123. The lowest BCUT2D eigenvalue weighted by atomic mass is 9.95. The number of aryl methyl sites for hydroxylation is 1. The van der Waals surface area contributed by atoms with Gasteiger partial charge in [0.15, 0.2) is 5.82 Å². The summed E-state index contributed by atoms with van der Waals surface area (Å²) in [6, 6.07) is 7.95. The SMILES string of the molecule is Cc1nc(CNC(=O)C2Cc3ccccc3CN2)no1.Cl. The van der Waals surface area contributed by atoms with Crippen molar-refractivity contribution in [2.75, 3.05) is 0 Å². The van der Waals surface area contributed by atoms with E-state index < -0.39 is 0 Å². The van der Waals surface area contributed by atoms with E-state index in [9.17, 15) is 4.79 Å². The molecule has 1 aromatic carbocycles. The third kappa shape index (κ3) is 3.59. The fourth-order valence-corrected chi connectivity index (χ4v) is 2.34. The van der Waals surface area contributed by atoms with Gasteiger partial charge in [-0.25, -0.2) is 0 Å². The van der Waals surface area contributed by atoms with Crippen LogP contribution in [0.4, 0.5) is 0 Å². The minimum atomic E-state index is -0.210. The van der Waals surface area contributed by atoms with Crippen molar-refractivity contribution in [2.45, 2.75) is 32.5 Å². The first-order valence-corrected chi connectivity index (χ1v) is 6.59. The Morgan fingerprint density at radius 2 is 2.19 bits per heavy atom. The zero-order valence-electron chi connectivity index (χ0n) is 11.6. The highest BCUT2D eigenvalue weighted by Crippen LogP contribution is 2.16. The fourth-order valence-electron chi connectivity index (χ4n) is 2.34. The van der Waals surface area contributed by atoms with Crippen LogP contribution in [0.3, 0.4) is 0 Å². The number of halogens is 1. The topological polar surface area (TPSA) is 80.0 Å². The van der Waals surface area contributed by atoms with Gasteiger partial charge in [-0.15, -0.1) is 12.4 Å². The standard InChI is InChI=1S/C14H16N4O2.ClH/c1-9-17-13(18-20-9)8-16-14(19)12-6-10-4-2-3-5-11(10)7-15-12;/h2-5,12,15H,6-8H2,1H3,(H,16,19);1H. The first-order valence-electron chi connectivity index (χ1n) is 6.59. The highest BCUT2D eigenvalue weighted by molar-refractivity contribution is 5.85. The van der Waals surface area contributed by atoms with Gasteiger partial charge >= 0.3 is 0 Å². The lowest BCUT2D eigenvalue weighted by Crippen LogP contribution is -2.47. The van der Waals surface area contributed by atoms with Crippen LogP contribution in [0.1, 0.15) is 22.8 Å². The summed E-state index contributed by atoms with van der Waals surface area (Å²) in [6.07, 6.45) is 0.702. The maximum absolute atomic E-state index is 12.1. The molecule has 2 aromatic rings. The zero-order chi connectivity index (χ0) is 13.9. The van der Waals surface area contributed by atoms with Crippen LogP contribution in [0.15, 0.2) is 28.8 Å². The van der Waals surface area contributed by atoms with Crippen LogP contribution in [-0.4, -0.2) is 22.1 Å². The number of hydrogen-bond acceptors (Lipinski definition) is 5. The molecule has 2 N–H and O–H groups in total. The Hall–Kier alpha value is -1.92. The normalized spacial score (nSPS) is 16.7. The number of carbonyl (C=O) groups excluding carboxylic acids is 1. The molecule has 21 heavy (non-hydrogen) atoms. The molecule has 0 saturated heterocycles. The molecule has 112 valence electrons. The number of amides is 1. The van der Waals surface area contributed by atoms with Crippen LogP contribution in [-0.2, 0) is 24.3 Å². The van der Waals surface area contributed by atoms with Gasteiger partial charge in [-0.2, -0.15) is 4.98 Å². The summed E-state index contributed by atoms with van der Waals surface area (Å²) < 4.78 is 4.86. The Bertz CT molecular complexity index is 629. The van der Waals surface area contributed by atoms with Crippen LogP contribution >= 0.6 is 12.4 Å². The van der Waals surface area contributed by atoms with Crippen molar-refractivity contribution in [3.8, 4) is 0 Å². The summed E-state index contributed by atoms with van der Waals surface area (Å²) in [5.41, 5.74) is 2.48. The third-order valence-corrected chi connectivity index (χ3v) is 3.39. The number of aromatic nitrogens is 2. The number of hydrogen-bond donors (Lipinski definition) is 2. The smallest absolute Gasteiger partial charge is 0.237 e. The van der Waals surface area contributed by atoms with Gasteiger partial charge in [-0.1, -0.05) is 29.4 Å². The predicted octanol–water partition coefficient (Wildman–Crippen LogP) is 1.13. The second-order valence-electron chi connectivity index (χ2n) is 4.85. The van der Waals surface area contributed by atoms with Crippen LogP contribution in [0.5, 0.6) is 0 Å². The average molecular weight is 309 g/mol. The molecule has 0 saturated carbocycles. The summed E-state index contributed by atoms with van der Waals surface area (Å²) in [4.78, 5) is 16.2. The molecule has 1 atom stereocenters. The molecule has 0 bridgehead atoms. The number of carbonyl (C=O) groups is 1. The summed E-state index contributed by atoms with van der Waals surface area (Å²) in [6.45, 7) is 2.73. The second kappa shape index (κ2) is 6.69. The van der Waals surface area contributed by atoms with Gasteiger partial charge in [0, 0.05) is 13.5 Å². The van der Waals surface area contributed by atoms with E-state index in [1.165, 1.54) is 11.1 Å². The molecule has 3 rings (SSSR count). The van der Waals surface area contributed by atoms with Crippen LogP contribution < -0.4 is 10.6 Å². The summed E-state index contributed by atoms with van der Waals surface area (Å²) >= 11 is 0. The molecule has 0 spiro atoms. The van der Waals surface area contributed by atoms with E-state index in [1.54, 1.807) is 6.92 Å². The van der Waals surface area contributed by atoms with Crippen molar-refractivity contribution >= 4 is 18.3 Å². The number of nitrogens with zero attached hydrogens (tertiary/aromatic N) is 2. The minimum absolute atomic E-state index is 0. The molecule has 0 radical (unpaired) electrons. The molecular formula is C14H17ClN4O2. The van der Waals surface area contributed by atoms with Gasteiger partial charge in [0.1, 0.15) is 0 Å². The molecule has 1 aliphatic heterocycles. The minimum Gasteiger partial charge on any atom is -0.347 e. The van der Waals surface area contributed by atoms with Crippen molar-refractivity contribution in [1.29, 1.82) is 0 Å². The van der Waals surface area contributed by atoms with Gasteiger partial charge in [0.05, 0.1) is 12.6 Å². The van der Waals surface area contributed by atoms with E-state index in [0.717, 1.165) is 6.54 Å². The monoisotopic (exact) mass is 308 g/mol. The van der Waals surface area contributed by atoms with Crippen LogP contribution in [0.25, 0.3) is 0 Å². The van der Waals surface area contributed by atoms with E-state index in [-0.39, 0.29) is 30.9 Å². The Morgan fingerprint density at radius 3 is 2.90 bits per heavy atom. The predicted molar refractivity (Wildman–Crippen MR) is 78.9 cm³/mol. The van der Waals surface area contributed by atoms with Gasteiger partial charge < -0.3 is 15.2 Å². The Morgan fingerprint density at radius 1 is 1.43 bits per heavy atom. The van der Waals surface area contributed by atoms with Gasteiger partial charge in [0.25, 0.3) is 0 Å². The highest BCUT2D eigenvalue weighted by atomic mass is 35.5. The zero-order valence-corrected chi connectivity index (χ0v) is 12.4. The fraction of sp³-hybridized carbons (Fsp3) is 0.357. The molecule has 6 nitrogen and oxygen atoms in total. The second-order valence-corrected chi connectivity index (χ2v) is 4.85. The highest BCUT2D eigenvalue weighted by Gasteiger charge is 2.23. The molecular weight excluding hydrogens is 292 g/mol. The number of rotatable bonds is 3. The quantitative estimate of drug-likeness (QED) is 0.888. The van der Waals surface area contributed by atoms with Gasteiger partial charge in [-0.3, -0.25) is 4.79 Å².